The van der Waals surface area contributed by atoms with Crippen molar-refractivity contribution in [1.29, 1.82) is 0 Å². The van der Waals surface area contributed by atoms with Gasteiger partial charge >= 0.3 is 5.97 Å². The molecular weight excluding hydrogens is 532 g/mol. The van der Waals surface area contributed by atoms with Gasteiger partial charge in [0.1, 0.15) is 17.2 Å². The number of esters is 1. The van der Waals surface area contributed by atoms with Gasteiger partial charge in [0.25, 0.3) is 5.91 Å². The van der Waals surface area contributed by atoms with E-state index in [2.05, 4.69) is 5.32 Å². The maximum Gasteiger partial charge on any atom is 0.349 e. The first-order valence-corrected chi connectivity index (χ1v) is 11.6. The number of nitrogens with one attached hydrogen (secondary N) is 1. The number of halogens is 4. The summed E-state index contributed by atoms with van der Waals surface area (Å²) in [5.41, 5.74) is 0.510. The number of methoxy groups -OCH3 is 1. The van der Waals surface area contributed by atoms with Crippen LogP contribution in [0, 0.1) is 0 Å². The number of anilines is 1. The first kappa shape index (κ1) is 23.7. The predicted molar refractivity (Wildman–Crippen MR) is 131 cm³/mol. The smallest absolute Gasteiger partial charge is 0.349 e. The zero-order valence-corrected chi connectivity index (χ0v) is 20.6. The van der Waals surface area contributed by atoms with Gasteiger partial charge in [0.2, 0.25) is 0 Å². The second-order valence-electron chi connectivity index (χ2n) is 6.66. The number of hydrogen-bond donors (Lipinski definition) is 1. The Morgan fingerprint density at radius 2 is 1.76 bits per heavy atom. The standard InChI is InChI=1S/C22H13Cl4NO5S/c1-30-22(29)20-18(26)13-4-2-11(8-17(13)33-20)27-21(28)16-5-3-12(32-16)9-31-19-14(24)6-10(23)7-15(19)25/h2-8H,9H2,1H3,(H,27,28). The average molecular weight is 545 g/mol. The van der Waals surface area contributed by atoms with Gasteiger partial charge in [-0.25, -0.2) is 4.79 Å². The van der Waals surface area contributed by atoms with Crippen LogP contribution in [0.4, 0.5) is 5.69 Å². The third-order valence-electron chi connectivity index (χ3n) is 4.47. The first-order chi connectivity index (χ1) is 15.8. The summed E-state index contributed by atoms with van der Waals surface area (Å²) in [5, 5.41) is 4.67. The minimum Gasteiger partial charge on any atom is -0.483 e. The zero-order valence-electron chi connectivity index (χ0n) is 16.7. The maximum absolute atomic E-state index is 12.6. The van der Waals surface area contributed by atoms with E-state index in [1.807, 2.05) is 0 Å². The largest absolute Gasteiger partial charge is 0.483 e. The van der Waals surface area contributed by atoms with Crippen molar-refractivity contribution in [3.8, 4) is 5.75 Å². The van der Waals surface area contributed by atoms with Crippen LogP contribution in [0.1, 0.15) is 26.0 Å². The molecule has 4 aromatic rings. The van der Waals surface area contributed by atoms with Gasteiger partial charge in [-0.1, -0.05) is 46.4 Å². The van der Waals surface area contributed by atoms with Crippen LogP contribution in [0.2, 0.25) is 20.1 Å². The number of fused-ring (bicyclic) bond motifs is 1. The van der Waals surface area contributed by atoms with Crippen LogP contribution in [-0.4, -0.2) is 19.0 Å². The predicted octanol–water partition coefficient (Wildman–Crippen LogP) is 7.73. The highest BCUT2D eigenvalue weighted by Gasteiger charge is 2.19. The second-order valence-corrected chi connectivity index (χ2v) is 9.34. The molecule has 11 heteroatoms. The Hall–Kier alpha value is -2.42. The molecule has 1 amide bonds. The molecule has 33 heavy (non-hydrogen) atoms. The van der Waals surface area contributed by atoms with Crippen LogP contribution in [0.5, 0.6) is 5.75 Å². The van der Waals surface area contributed by atoms with Crippen LogP contribution >= 0.6 is 57.7 Å². The van der Waals surface area contributed by atoms with Gasteiger partial charge in [-0.05, 0) is 42.5 Å². The molecule has 0 unspecified atom stereocenters. The van der Waals surface area contributed by atoms with E-state index in [-0.39, 0.29) is 28.2 Å². The summed E-state index contributed by atoms with van der Waals surface area (Å²) in [7, 11) is 1.29. The van der Waals surface area contributed by atoms with Gasteiger partial charge in [-0.3, -0.25) is 4.79 Å². The topological polar surface area (TPSA) is 77.8 Å². The molecule has 2 aromatic carbocycles. The number of thiophene rings is 1. The van der Waals surface area contributed by atoms with Crippen molar-refractivity contribution in [2.75, 3.05) is 12.4 Å². The molecule has 0 aliphatic heterocycles. The van der Waals surface area contributed by atoms with Crippen molar-refractivity contribution >= 4 is 85.4 Å². The lowest BCUT2D eigenvalue weighted by molar-refractivity contribution is 0.0606. The van der Waals surface area contributed by atoms with E-state index in [0.29, 0.717) is 31.8 Å². The van der Waals surface area contributed by atoms with Crippen molar-refractivity contribution in [2.24, 2.45) is 0 Å². The molecule has 1 N–H and O–H groups in total. The van der Waals surface area contributed by atoms with Crippen molar-refractivity contribution < 1.29 is 23.5 Å². The molecule has 0 aliphatic rings. The summed E-state index contributed by atoms with van der Waals surface area (Å²) in [5.74, 6) is -0.233. The fourth-order valence-electron chi connectivity index (χ4n) is 2.95. The number of rotatable bonds is 6. The van der Waals surface area contributed by atoms with Crippen LogP contribution in [-0.2, 0) is 11.3 Å². The highest BCUT2D eigenvalue weighted by molar-refractivity contribution is 7.21. The van der Waals surface area contributed by atoms with Gasteiger partial charge in [0.05, 0.1) is 22.2 Å². The SMILES string of the molecule is COC(=O)c1sc2cc(NC(=O)c3ccc(COc4c(Cl)cc(Cl)cc4Cl)o3)ccc2c1Cl. The molecule has 4 rings (SSSR count). The Morgan fingerprint density at radius 1 is 1.03 bits per heavy atom. The molecule has 170 valence electrons. The summed E-state index contributed by atoms with van der Waals surface area (Å²) < 4.78 is 16.7. The fourth-order valence-corrected chi connectivity index (χ4v) is 5.34. The van der Waals surface area contributed by atoms with Gasteiger partial charge < -0.3 is 19.2 Å². The molecule has 0 spiro atoms. The van der Waals surface area contributed by atoms with E-state index < -0.39 is 11.9 Å². The first-order valence-electron chi connectivity index (χ1n) is 9.24. The molecule has 0 aliphatic carbocycles. The summed E-state index contributed by atoms with van der Waals surface area (Å²) in [4.78, 5) is 24.8. The molecule has 0 radical (unpaired) electrons. The van der Waals surface area contributed by atoms with Crippen molar-refractivity contribution in [2.45, 2.75) is 6.61 Å². The lowest BCUT2D eigenvalue weighted by atomic mass is 10.2. The minimum atomic E-state index is -0.515. The fraction of sp³-hybridized carbons (Fsp3) is 0.0909. The van der Waals surface area contributed by atoms with Crippen LogP contribution in [0.3, 0.4) is 0 Å². The van der Waals surface area contributed by atoms with Crippen molar-refractivity contribution in [1.82, 2.24) is 0 Å². The number of carbonyl (C=O) groups excluding carboxylic acids is 2. The lowest BCUT2D eigenvalue weighted by Crippen LogP contribution is -2.10. The number of carbonyl (C=O) groups is 2. The average Bonchev–Trinajstić information content (AvgIpc) is 3.37. The van der Waals surface area contributed by atoms with Crippen LogP contribution < -0.4 is 10.1 Å². The molecule has 2 aromatic heterocycles. The summed E-state index contributed by atoms with van der Waals surface area (Å²) >= 11 is 25.5. The number of hydrogen-bond acceptors (Lipinski definition) is 6. The summed E-state index contributed by atoms with van der Waals surface area (Å²) in [6, 6.07) is 11.3. The highest BCUT2D eigenvalue weighted by atomic mass is 35.5. The molecule has 0 saturated heterocycles. The van der Waals surface area contributed by atoms with Crippen LogP contribution in [0.15, 0.2) is 46.9 Å². The molecule has 0 bridgehead atoms. The molecule has 2 heterocycles. The Labute approximate surface area is 211 Å². The van der Waals surface area contributed by atoms with Gasteiger partial charge in [0.15, 0.2) is 11.5 Å². The number of furan rings is 1. The number of ether oxygens (including phenoxy) is 2. The van der Waals surface area contributed by atoms with Crippen molar-refractivity contribution in [3.05, 3.63) is 79.0 Å². The Morgan fingerprint density at radius 3 is 2.45 bits per heavy atom. The third kappa shape index (κ3) is 5.08. The normalized spacial score (nSPS) is 10.9. The van der Waals surface area contributed by atoms with E-state index in [1.54, 1.807) is 24.3 Å². The van der Waals surface area contributed by atoms with E-state index >= 15 is 0 Å². The van der Waals surface area contributed by atoms with Crippen molar-refractivity contribution in [3.63, 3.8) is 0 Å². The monoisotopic (exact) mass is 543 g/mol. The maximum atomic E-state index is 12.6. The van der Waals surface area contributed by atoms with Gasteiger partial charge in [0, 0.05) is 20.8 Å². The Balaban J connectivity index is 1.45. The molecule has 0 atom stereocenters. The van der Waals surface area contributed by atoms with Gasteiger partial charge in [-0.15, -0.1) is 11.3 Å². The van der Waals surface area contributed by atoms with E-state index in [1.165, 1.54) is 36.6 Å². The van der Waals surface area contributed by atoms with E-state index in [9.17, 15) is 9.59 Å². The number of amides is 1. The minimum absolute atomic E-state index is 0.00428. The van der Waals surface area contributed by atoms with Crippen LogP contribution in [0.25, 0.3) is 10.1 Å². The van der Waals surface area contributed by atoms with E-state index in [4.69, 9.17) is 60.3 Å². The lowest BCUT2D eigenvalue weighted by Gasteiger charge is -2.09. The Bertz CT molecular complexity index is 1360. The third-order valence-corrected chi connectivity index (χ3v) is 6.88. The molecular formula is C22H13Cl4NO5S. The molecule has 6 nitrogen and oxygen atoms in total. The summed E-state index contributed by atoms with van der Waals surface area (Å²) in [6.45, 7) is 0.00428. The zero-order chi connectivity index (χ0) is 23.7. The number of benzene rings is 2. The summed E-state index contributed by atoms with van der Waals surface area (Å²) in [6.07, 6.45) is 0. The highest BCUT2D eigenvalue weighted by Crippen LogP contribution is 2.38. The van der Waals surface area contributed by atoms with E-state index in [0.717, 1.165) is 4.70 Å². The Kier molecular flexibility index (Phi) is 7.07. The molecule has 0 saturated carbocycles. The van der Waals surface area contributed by atoms with Gasteiger partial charge in [-0.2, -0.15) is 0 Å². The second kappa shape index (κ2) is 9.83. The molecule has 0 fully saturated rings. The quantitative estimate of drug-likeness (QED) is 0.251.